The molecule has 0 atom stereocenters. The summed E-state index contributed by atoms with van der Waals surface area (Å²) in [5, 5.41) is 14.8. The van der Waals surface area contributed by atoms with Crippen molar-refractivity contribution in [1.29, 1.82) is 0 Å². The van der Waals surface area contributed by atoms with E-state index in [9.17, 15) is 23.3 Å². The molecule has 0 bridgehead atoms. The third-order valence-electron chi connectivity index (χ3n) is 6.55. The number of imidazole rings is 1. The fraction of sp³-hybridized carbons (Fsp3) is 0.320. The number of methoxy groups -OCH3 is 1. The monoisotopic (exact) mass is 542 g/mol. The Balaban J connectivity index is 1.50. The van der Waals surface area contributed by atoms with E-state index in [2.05, 4.69) is 25.2 Å². The minimum Gasteiger partial charge on any atom is -0.494 e. The first kappa shape index (κ1) is 26.2. The van der Waals surface area contributed by atoms with Crippen LogP contribution >= 0.6 is 0 Å². The zero-order chi connectivity index (χ0) is 27.9. The fourth-order valence-electron chi connectivity index (χ4n) is 4.48. The lowest BCUT2D eigenvalue weighted by Crippen LogP contribution is -2.57. The van der Waals surface area contributed by atoms with Crippen molar-refractivity contribution in [3.05, 3.63) is 58.8 Å². The minimum absolute atomic E-state index is 0.00934. The van der Waals surface area contributed by atoms with Gasteiger partial charge in [-0.15, -0.1) is 0 Å². The quantitative estimate of drug-likeness (QED) is 0.254. The third-order valence-corrected chi connectivity index (χ3v) is 6.55. The van der Waals surface area contributed by atoms with Crippen LogP contribution in [-0.4, -0.2) is 75.9 Å². The molecule has 4 aromatic rings. The number of nitro benzene ring substituents is 1. The number of nitro groups is 1. The van der Waals surface area contributed by atoms with E-state index in [0.29, 0.717) is 35.6 Å². The van der Waals surface area contributed by atoms with Gasteiger partial charge < -0.3 is 24.4 Å². The summed E-state index contributed by atoms with van der Waals surface area (Å²) in [6, 6.07) is 11.2. The van der Waals surface area contributed by atoms with E-state index < -0.39 is 17.6 Å². The molecule has 0 spiro atoms. The molecule has 5 rings (SSSR count). The van der Waals surface area contributed by atoms with Crippen molar-refractivity contribution < 1.29 is 22.8 Å². The molecule has 1 fully saturated rings. The van der Waals surface area contributed by atoms with Gasteiger partial charge in [0, 0.05) is 37.5 Å². The summed E-state index contributed by atoms with van der Waals surface area (Å²) in [6.45, 7) is 0.0178. The molecule has 1 N–H and O–H groups in total. The Morgan fingerprint density at radius 3 is 2.59 bits per heavy atom. The lowest BCUT2D eigenvalue weighted by molar-refractivity contribution is -0.384. The first-order valence-corrected chi connectivity index (χ1v) is 11.9. The molecule has 1 aliphatic rings. The number of aromatic nitrogens is 4. The zero-order valence-corrected chi connectivity index (χ0v) is 21.3. The maximum atomic E-state index is 13.4. The first-order chi connectivity index (χ1) is 18.5. The lowest BCUT2D eigenvalue weighted by Gasteiger charge is -2.44. The summed E-state index contributed by atoms with van der Waals surface area (Å²) in [5.74, 6) is 0.345. The summed E-state index contributed by atoms with van der Waals surface area (Å²) in [6.07, 6.45) is -3.11. The van der Waals surface area contributed by atoms with E-state index in [4.69, 9.17) is 4.74 Å². The van der Waals surface area contributed by atoms with Gasteiger partial charge >= 0.3 is 6.18 Å². The largest absolute Gasteiger partial charge is 0.494 e. The van der Waals surface area contributed by atoms with Crippen LogP contribution in [0.5, 0.6) is 5.75 Å². The highest BCUT2D eigenvalue weighted by atomic mass is 19.4. The smallest absolute Gasteiger partial charge is 0.406 e. The summed E-state index contributed by atoms with van der Waals surface area (Å²) in [4.78, 5) is 28.3. The molecule has 1 saturated heterocycles. The highest BCUT2D eigenvalue weighted by molar-refractivity contribution is 5.81. The van der Waals surface area contributed by atoms with Gasteiger partial charge in [-0.2, -0.15) is 13.2 Å². The highest BCUT2D eigenvalue weighted by Crippen LogP contribution is 2.41. The Morgan fingerprint density at radius 1 is 1.18 bits per heavy atom. The van der Waals surface area contributed by atoms with Crippen molar-refractivity contribution in [1.82, 2.24) is 24.4 Å². The Labute approximate surface area is 221 Å². The predicted molar refractivity (Wildman–Crippen MR) is 139 cm³/mol. The number of hydrogen-bond acceptors (Lipinski definition) is 9. The number of fused-ring (bicyclic) bond motifs is 1. The highest BCUT2D eigenvalue weighted by Gasteiger charge is 2.34. The molecule has 0 saturated carbocycles. The number of halogens is 3. The molecule has 3 heterocycles. The normalized spacial score (nSPS) is 14.1. The molecule has 1 aliphatic heterocycles. The van der Waals surface area contributed by atoms with Gasteiger partial charge in [0.2, 0.25) is 5.95 Å². The van der Waals surface area contributed by atoms with Crippen LogP contribution in [0, 0.1) is 10.1 Å². The van der Waals surface area contributed by atoms with Crippen LogP contribution in [0.1, 0.15) is 0 Å². The molecule has 0 radical (unpaired) electrons. The summed E-state index contributed by atoms with van der Waals surface area (Å²) in [5.41, 5.74) is 1.38. The molecule has 14 heteroatoms. The number of hydrogen-bond donors (Lipinski definition) is 1. The summed E-state index contributed by atoms with van der Waals surface area (Å²) >= 11 is 0. The van der Waals surface area contributed by atoms with Gasteiger partial charge in [0.15, 0.2) is 5.82 Å². The van der Waals surface area contributed by atoms with E-state index in [1.165, 1.54) is 25.4 Å². The zero-order valence-electron chi connectivity index (χ0n) is 21.3. The Morgan fingerprint density at radius 2 is 1.92 bits per heavy atom. The predicted octanol–water partition coefficient (Wildman–Crippen LogP) is 4.47. The number of likely N-dealkylation sites (N-methyl/N-ethyl adjacent to an activating group) is 1. The second kappa shape index (κ2) is 10.0. The molecule has 2 aromatic carbocycles. The molecule has 0 aliphatic carbocycles. The van der Waals surface area contributed by atoms with Gasteiger partial charge in [0.1, 0.15) is 23.7 Å². The topological polar surface area (TPSA) is 114 Å². The van der Waals surface area contributed by atoms with E-state index in [1.807, 2.05) is 19.0 Å². The van der Waals surface area contributed by atoms with E-state index >= 15 is 0 Å². The van der Waals surface area contributed by atoms with Gasteiger partial charge in [-0.1, -0.05) is 12.1 Å². The number of ether oxygens (including phenoxy) is 1. The van der Waals surface area contributed by atoms with Crippen molar-refractivity contribution in [2.75, 3.05) is 44.5 Å². The van der Waals surface area contributed by atoms with Crippen LogP contribution in [0.3, 0.4) is 0 Å². The molecular weight excluding hydrogens is 517 g/mol. The Bertz CT molecular complexity index is 1530. The molecule has 39 heavy (non-hydrogen) atoms. The number of anilines is 3. The molecule has 0 amide bonds. The van der Waals surface area contributed by atoms with E-state index in [-0.39, 0.29) is 34.9 Å². The van der Waals surface area contributed by atoms with Crippen molar-refractivity contribution >= 4 is 34.0 Å². The summed E-state index contributed by atoms with van der Waals surface area (Å²) < 4.78 is 46.8. The van der Waals surface area contributed by atoms with E-state index in [0.717, 1.165) is 4.57 Å². The van der Waals surface area contributed by atoms with Gasteiger partial charge in [0.25, 0.3) is 5.69 Å². The average molecular weight is 543 g/mol. The number of para-hydroxylation sites is 2. The number of rotatable bonds is 8. The molecular formula is C25H25F3N8O3. The molecule has 204 valence electrons. The average Bonchev–Trinajstić information content (AvgIpc) is 3.20. The number of alkyl halides is 3. The Kier molecular flexibility index (Phi) is 6.72. The lowest BCUT2D eigenvalue weighted by atomic mass is 10.1. The van der Waals surface area contributed by atoms with Crippen LogP contribution in [0.25, 0.3) is 22.6 Å². The maximum Gasteiger partial charge on any atom is 0.406 e. The standard InChI is InChI=1S/C25H25F3N8O3/c1-33(2)15-12-34(13-15)20-11-22(39-3)18(10-21(20)36(37)38)32-24-29-9-8-17(31-24)23-30-16-6-4-5-7-19(16)35(23)14-25(26,27)28/h4-11,15H,12-14H2,1-3H3,(H,29,31,32). The van der Waals surface area contributed by atoms with Crippen LogP contribution in [0.4, 0.5) is 36.2 Å². The maximum absolute atomic E-state index is 13.4. The summed E-state index contributed by atoms with van der Waals surface area (Å²) in [7, 11) is 5.35. The SMILES string of the molecule is COc1cc(N2CC(N(C)C)C2)c([N+](=O)[O-])cc1Nc1nccc(-c2nc3ccccc3n2CC(F)(F)F)n1. The van der Waals surface area contributed by atoms with Gasteiger partial charge in [-0.3, -0.25) is 10.1 Å². The number of nitrogens with zero attached hydrogens (tertiary/aromatic N) is 7. The fourth-order valence-corrected chi connectivity index (χ4v) is 4.48. The van der Waals surface area contributed by atoms with Crippen LogP contribution in [0.15, 0.2) is 48.7 Å². The molecule has 2 aromatic heterocycles. The van der Waals surface area contributed by atoms with Crippen LogP contribution in [-0.2, 0) is 6.54 Å². The molecule has 11 nitrogen and oxygen atoms in total. The van der Waals surface area contributed by atoms with Gasteiger partial charge in [0.05, 0.1) is 28.8 Å². The third kappa shape index (κ3) is 5.27. The van der Waals surface area contributed by atoms with E-state index in [1.54, 1.807) is 30.3 Å². The second-order valence-corrected chi connectivity index (χ2v) is 9.34. The number of benzene rings is 2. The van der Waals surface area contributed by atoms with Gasteiger partial charge in [-0.25, -0.2) is 15.0 Å². The van der Waals surface area contributed by atoms with Gasteiger partial charge in [-0.05, 0) is 32.3 Å². The first-order valence-electron chi connectivity index (χ1n) is 11.9. The molecule has 0 unspecified atom stereocenters. The number of nitrogens with one attached hydrogen (secondary N) is 1. The Hall–Kier alpha value is -4.46. The van der Waals surface area contributed by atoms with Crippen molar-refractivity contribution in [3.8, 4) is 17.3 Å². The van der Waals surface area contributed by atoms with Crippen LogP contribution in [0.2, 0.25) is 0 Å². The van der Waals surface area contributed by atoms with Crippen molar-refractivity contribution in [2.45, 2.75) is 18.8 Å². The van der Waals surface area contributed by atoms with Crippen LogP contribution < -0.4 is 15.0 Å². The minimum atomic E-state index is -4.48. The second-order valence-electron chi connectivity index (χ2n) is 9.34. The van der Waals surface area contributed by atoms with Crippen molar-refractivity contribution in [2.24, 2.45) is 0 Å². The van der Waals surface area contributed by atoms with Crippen molar-refractivity contribution in [3.63, 3.8) is 0 Å².